The van der Waals surface area contributed by atoms with E-state index >= 15 is 0 Å². The Bertz CT molecular complexity index is 334. The molecular formula is C16H32N4O. The van der Waals surface area contributed by atoms with Crippen molar-refractivity contribution >= 4 is 5.96 Å². The van der Waals surface area contributed by atoms with Gasteiger partial charge in [-0.1, -0.05) is 6.92 Å². The molecule has 0 aliphatic carbocycles. The molecule has 2 atom stereocenters. The fraction of sp³-hybridized carbons (Fsp3) is 0.938. The van der Waals surface area contributed by atoms with E-state index in [4.69, 9.17) is 9.73 Å². The predicted molar refractivity (Wildman–Crippen MR) is 87.8 cm³/mol. The minimum absolute atomic E-state index is 0.520. The Morgan fingerprint density at radius 1 is 1.33 bits per heavy atom. The topological polar surface area (TPSA) is 40.1 Å². The number of nitrogens with zero attached hydrogens (tertiary/aromatic N) is 3. The average molecular weight is 296 g/mol. The molecule has 2 heterocycles. The minimum Gasteiger partial charge on any atom is -0.379 e. The first-order valence-corrected chi connectivity index (χ1v) is 8.55. The van der Waals surface area contributed by atoms with Gasteiger partial charge in [-0.25, -0.2) is 0 Å². The number of nitrogens with one attached hydrogen (secondary N) is 1. The van der Waals surface area contributed by atoms with Gasteiger partial charge >= 0.3 is 0 Å². The second kappa shape index (κ2) is 8.59. The van der Waals surface area contributed by atoms with Gasteiger partial charge in [0.15, 0.2) is 5.96 Å². The summed E-state index contributed by atoms with van der Waals surface area (Å²) in [5.41, 5.74) is 0. The number of guanidine groups is 1. The quantitative estimate of drug-likeness (QED) is 0.629. The molecule has 2 aliphatic rings. The van der Waals surface area contributed by atoms with E-state index in [-0.39, 0.29) is 0 Å². The van der Waals surface area contributed by atoms with Crippen molar-refractivity contribution in [2.24, 2.45) is 10.9 Å². The first-order valence-electron chi connectivity index (χ1n) is 8.55. The molecule has 0 aromatic carbocycles. The molecule has 0 saturated carbocycles. The van der Waals surface area contributed by atoms with Crippen LogP contribution in [0.3, 0.4) is 0 Å². The van der Waals surface area contributed by atoms with Crippen LogP contribution in [-0.4, -0.2) is 74.3 Å². The highest BCUT2D eigenvalue weighted by Gasteiger charge is 2.20. The Kier molecular flexibility index (Phi) is 6.77. The van der Waals surface area contributed by atoms with Crippen LogP contribution in [0.25, 0.3) is 0 Å². The van der Waals surface area contributed by atoms with Crippen LogP contribution < -0.4 is 5.32 Å². The fourth-order valence-corrected chi connectivity index (χ4v) is 3.19. The number of morpholine rings is 1. The maximum absolute atomic E-state index is 5.49. The van der Waals surface area contributed by atoms with Crippen LogP contribution in [0.5, 0.6) is 0 Å². The van der Waals surface area contributed by atoms with E-state index in [1.165, 1.54) is 12.8 Å². The van der Waals surface area contributed by atoms with E-state index in [0.717, 1.165) is 64.4 Å². The van der Waals surface area contributed by atoms with E-state index in [0.29, 0.717) is 6.04 Å². The molecule has 0 aromatic rings. The van der Waals surface area contributed by atoms with Crippen molar-refractivity contribution in [2.75, 3.05) is 52.5 Å². The summed E-state index contributed by atoms with van der Waals surface area (Å²) in [5, 5.41) is 3.45. The maximum atomic E-state index is 5.49. The summed E-state index contributed by atoms with van der Waals surface area (Å²) in [6.45, 7) is 14.6. The molecule has 5 heteroatoms. The molecule has 2 unspecified atom stereocenters. The third kappa shape index (κ3) is 5.15. The van der Waals surface area contributed by atoms with E-state index in [1.54, 1.807) is 0 Å². The monoisotopic (exact) mass is 296 g/mol. The summed E-state index contributed by atoms with van der Waals surface area (Å²) in [7, 11) is 0. The number of hydrogen-bond acceptors (Lipinski definition) is 3. The second-order valence-electron chi connectivity index (χ2n) is 6.39. The van der Waals surface area contributed by atoms with Gasteiger partial charge in [0.25, 0.3) is 0 Å². The number of aliphatic imine (C=N–C) groups is 1. The molecule has 2 saturated heterocycles. The van der Waals surface area contributed by atoms with Crippen LogP contribution >= 0.6 is 0 Å². The zero-order chi connectivity index (χ0) is 15.1. The van der Waals surface area contributed by atoms with Crippen molar-refractivity contribution in [1.29, 1.82) is 0 Å². The van der Waals surface area contributed by atoms with Crippen molar-refractivity contribution in [3.8, 4) is 0 Å². The highest BCUT2D eigenvalue weighted by Crippen LogP contribution is 2.15. The van der Waals surface area contributed by atoms with Crippen LogP contribution in [-0.2, 0) is 4.74 Å². The normalized spacial score (nSPS) is 28.7. The maximum Gasteiger partial charge on any atom is 0.193 e. The van der Waals surface area contributed by atoms with Crippen molar-refractivity contribution < 1.29 is 4.74 Å². The van der Waals surface area contributed by atoms with Gasteiger partial charge in [0, 0.05) is 38.8 Å². The molecule has 21 heavy (non-hydrogen) atoms. The minimum atomic E-state index is 0.520. The summed E-state index contributed by atoms with van der Waals surface area (Å²) < 4.78 is 5.49. The predicted octanol–water partition coefficient (Wildman–Crippen LogP) is 1.40. The van der Waals surface area contributed by atoms with E-state index in [1.807, 2.05) is 0 Å². The summed E-state index contributed by atoms with van der Waals surface area (Å²) in [6, 6.07) is 0.520. The third-order valence-electron chi connectivity index (χ3n) is 4.45. The lowest BCUT2D eigenvalue weighted by molar-refractivity contribution is 0.00138. The zero-order valence-electron chi connectivity index (χ0n) is 14.0. The molecule has 5 nitrogen and oxygen atoms in total. The highest BCUT2D eigenvalue weighted by atomic mass is 16.5. The van der Waals surface area contributed by atoms with Gasteiger partial charge in [0.2, 0.25) is 0 Å². The Balaban J connectivity index is 1.84. The Hall–Kier alpha value is -0.810. The molecule has 0 bridgehead atoms. The van der Waals surface area contributed by atoms with Crippen molar-refractivity contribution in [3.05, 3.63) is 0 Å². The van der Waals surface area contributed by atoms with Gasteiger partial charge in [0.05, 0.1) is 19.8 Å². The number of hydrogen-bond donors (Lipinski definition) is 1. The first-order chi connectivity index (χ1) is 10.2. The second-order valence-corrected chi connectivity index (χ2v) is 6.39. The molecule has 0 radical (unpaired) electrons. The fourth-order valence-electron chi connectivity index (χ4n) is 3.19. The van der Waals surface area contributed by atoms with E-state index in [9.17, 15) is 0 Å². The van der Waals surface area contributed by atoms with Crippen molar-refractivity contribution in [2.45, 2.75) is 39.7 Å². The van der Waals surface area contributed by atoms with Gasteiger partial charge in [-0.3, -0.25) is 9.89 Å². The number of ether oxygens (including phenoxy) is 1. The average Bonchev–Trinajstić information content (AvgIpc) is 2.48. The standard InChI is InChI=1S/C16H32N4O/c1-4-17-16(20-8-5-6-14(2)12-20)18-7-9-19-10-11-21-13-15(19)3/h14-15H,4-13H2,1-3H3,(H,17,18). The molecular weight excluding hydrogens is 264 g/mol. The molecule has 0 spiro atoms. The number of rotatable bonds is 4. The molecule has 2 fully saturated rings. The molecule has 0 amide bonds. The number of piperidine rings is 1. The van der Waals surface area contributed by atoms with Gasteiger partial charge < -0.3 is 15.0 Å². The van der Waals surface area contributed by atoms with Crippen LogP contribution in [0.2, 0.25) is 0 Å². The van der Waals surface area contributed by atoms with Gasteiger partial charge in [0.1, 0.15) is 0 Å². The zero-order valence-corrected chi connectivity index (χ0v) is 14.0. The van der Waals surface area contributed by atoms with E-state index < -0.39 is 0 Å². The summed E-state index contributed by atoms with van der Waals surface area (Å²) in [4.78, 5) is 9.76. The third-order valence-corrected chi connectivity index (χ3v) is 4.45. The lowest BCUT2D eigenvalue weighted by Crippen LogP contribution is -2.47. The van der Waals surface area contributed by atoms with Crippen LogP contribution in [0.15, 0.2) is 4.99 Å². The van der Waals surface area contributed by atoms with Crippen LogP contribution in [0.1, 0.15) is 33.6 Å². The smallest absolute Gasteiger partial charge is 0.193 e. The first kappa shape index (κ1) is 16.6. The molecule has 2 rings (SSSR count). The van der Waals surface area contributed by atoms with Crippen LogP contribution in [0.4, 0.5) is 0 Å². The van der Waals surface area contributed by atoms with Gasteiger partial charge in [-0.2, -0.15) is 0 Å². The van der Waals surface area contributed by atoms with Crippen molar-refractivity contribution in [1.82, 2.24) is 15.1 Å². The summed E-state index contributed by atoms with van der Waals surface area (Å²) in [6.07, 6.45) is 2.63. The molecule has 2 aliphatic heterocycles. The Morgan fingerprint density at radius 2 is 2.19 bits per heavy atom. The van der Waals surface area contributed by atoms with Crippen molar-refractivity contribution in [3.63, 3.8) is 0 Å². The Morgan fingerprint density at radius 3 is 2.90 bits per heavy atom. The van der Waals surface area contributed by atoms with Gasteiger partial charge in [-0.15, -0.1) is 0 Å². The lowest BCUT2D eigenvalue weighted by Gasteiger charge is -2.34. The molecule has 122 valence electrons. The SMILES string of the molecule is CCNC(=NCCN1CCOCC1C)N1CCCC(C)C1. The molecule has 0 aromatic heterocycles. The summed E-state index contributed by atoms with van der Waals surface area (Å²) in [5.74, 6) is 1.88. The number of likely N-dealkylation sites (tertiary alicyclic amines) is 1. The van der Waals surface area contributed by atoms with Crippen LogP contribution in [0, 0.1) is 5.92 Å². The van der Waals surface area contributed by atoms with E-state index in [2.05, 4.69) is 35.9 Å². The molecule has 1 N–H and O–H groups in total. The summed E-state index contributed by atoms with van der Waals surface area (Å²) >= 11 is 0. The van der Waals surface area contributed by atoms with Gasteiger partial charge in [-0.05, 0) is 32.6 Å². The Labute approximate surface area is 129 Å². The largest absolute Gasteiger partial charge is 0.379 e. The lowest BCUT2D eigenvalue weighted by atomic mass is 10.0. The highest BCUT2D eigenvalue weighted by molar-refractivity contribution is 5.80.